The molecule has 4 atom stereocenters. The highest BCUT2D eigenvalue weighted by Crippen LogP contribution is 2.31. The molecule has 1 fully saturated rings. The summed E-state index contributed by atoms with van der Waals surface area (Å²) >= 11 is 1.02. The first kappa shape index (κ1) is 22.2. The molecule has 148 valence electrons. The zero-order valence-electron chi connectivity index (χ0n) is 14.8. The van der Waals surface area contributed by atoms with Gasteiger partial charge >= 0.3 is 17.9 Å². The molecule has 11 heteroatoms. The highest BCUT2D eigenvalue weighted by atomic mass is 32.2. The van der Waals surface area contributed by atoms with Gasteiger partial charge in [0.25, 0.3) is 0 Å². The van der Waals surface area contributed by atoms with Gasteiger partial charge in [0.1, 0.15) is 30.9 Å². The third-order valence-corrected chi connectivity index (χ3v) is 4.10. The Bertz CT molecular complexity index is 546. The minimum Gasteiger partial charge on any atom is -0.463 e. The molecule has 1 aliphatic heterocycles. The number of carbonyl (C=O) groups excluding carboxylic acids is 3. The molecule has 4 unspecified atom stereocenters. The van der Waals surface area contributed by atoms with Gasteiger partial charge in [-0.2, -0.15) is 0 Å². The van der Waals surface area contributed by atoms with Crippen molar-refractivity contribution in [2.45, 2.75) is 50.9 Å². The summed E-state index contributed by atoms with van der Waals surface area (Å²) < 4.78 is 33.4. The monoisotopic (exact) mass is 394 g/mol. The van der Waals surface area contributed by atoms with E-state index in [1.165, 1.54) is 20.8 Å². The number of esters is 3. The summed E-state index contributed by atoms with van der Waals surface area (Å²) in [6, 6.07) is 0. The SMILES string of the molecule is CC(=O)OCC1OC(SC(N)=NCCF)CC(OC(C)=O)C1OC(C)=O. The molecule has 1 saturated heterocycles. The number of nitrogens with two attached hydrogens (primary N) is 1. The molecule has 0 radical (unpaired) electrons. The van der Waals surface area contributed by atoms with Gasteiger partial charge in [-0.1, -0.05) is 11.8 Å². The van der Waals surface area contributed by atoms with Crippen LogP contribution in [0.25, 0.3) is 0 Å². The van der Waals surface area contributed by atoms with Crippen molar-refractivity contribution >= 4 is 34.8 Å². The summed E-state index contributed by atoms with van der Waals surface area (Å²) in [7, 11) is 0. The van der Waals surface area contributed by atoms with Crippen LogP contribution in [0.1, 0.15) is 27.2 Å². The summed E-state index contributed by atoms with van der Waals surface area (Å²) in [4.78, 5) is 37.7. The van der Waals surface area contributed by atoms with Gasteiger partial charge in [0.05, 0.1) is 6.54 Å². The number of hydrogen-bond acceptors (Lipinski definition) is 9. The Hall–Kier alpha value is -1.88. The number of halogens is 1. The van der Waals surface area contributed by atoms with Gasteiger partial charge in [0.15, 0.2) is 11.3 Å². The number of hydrogen-bond donors (Lipinski definition) is 1. The second kappa shape index (κ2) is 11.0. The average molecular weight is 394 g/mol. The number of nitrogens with zero attached hydrogens (tertiary/aromatic N) is 1. The Morgan fingerprint density at radius 3 is 2.38 bits per heavy atom. The Morgan fingerprint density at radius 1 is 1.19 bits per heavy atom. The maximum absolute atomic E-state index is 12.2. The van der Waals surface area contributed by atoms with E-state index in [1.54, 1.807) is 0 Å². The molecular formula is C15H23FN2O7S. The van der Waals surface area contributed by atoms with Gasteiger partial charge in [-0.05, 0) is 0 Å². The molecule has 0 spiro atoms. The Balaban J connectivity index is 2.95. The minimum absolute atomic E-state index is 0.0775. The van der Waals surface area contributed by atoms with E-state index in [2.05, 4.69) is 4.99 Å². The number of ether oxygens (including phenoxy) is 4. The van der Waals surface area contributed by atoms with E-state index >= 15 is 0 Å². The van der Waals surface area contributed by atoms with Crippen molar-refractivity contribution in [2.24, 2.45) is 10.7 Å². The predicted octanol–water partition coefficient (Wildman–Crippen LogP) is 0.545. The lowest BCUT2D eigenvalue weighted by molar-refractivity contribution is -0.204. The van der Waals surface area contributed by atoms with Crippen LogP contribution in [0.15, 0.2) is 4.99 Å². The van der Waals surface area contributed by atoms with Crippen molar-refractivity contribution in [3.05, 3.63) is 0 Å². The van der Waals surface area contributed by atoms with E-state index < -0.39 is 48.3 Å². The van der Waals surface area contributed by atoms with Crippen LogP contribution in [-0.4, -0.2) is 66.6 Å². The molecule has 2 N–H and O–H groups in total. The summed E-state index contributed by atoms with van der Waals surface area (Å²) in [5.41, 5.74) is 5.09. The van der Waals surface area contributed by atoms with E-state index in [0.29, 0.717) is 0 Å². The fraction of sp³-hybridized carbons (Fsp3) is 0.733. The second-order valence-corrected chi connectivity index (χ2v) is 6.57. The van der Waals surface area contributed by atoms with Crippen LogP contribution in [0, 0.1) is 0 Å². The number of rotatable bonds is 7. The second-order valence-electron chi connectivity index (χ2n) is 5.39. The number of aliphatic imine (C=N–C) groups is 1. The molecule has 0 aromatic heterocycles. The van der Waals surface area contributed by atoms with Gasteiger partial charge in [-0.15, -0.1) is 0 Å². The lowest BCUT2D eigenvalue weighted by atomic mass is 10.0. The van der Waals surface area contributed by atoms with Gasteiger partial charge in [0, 0.05) is 27.2 Å². The topological polar surface area (TPSA) is 127 Å². The molecule has 26 heavy (non-hydrogen) atoms. The first-order valence-electron chi connectivity index (χ1n) is 7.88. The maximum atomic E-state index is 12.2. The Labute approximate surface area is 154 Å². The molecule has 0 amide bonds. The normalized spacial score (nSPS) is 26.1. The van der Waals surface area contributed by atoms with Crippen LogP contribution in [-0.2, 0) is 33.3 Å². The fourth-order valence-corrected chi connectivity index (χ4v) is 3.22. The van der Waals surface area contributed by atoms with Gasteiger partial charge in [-0.3, -0.25) is 19.4 Å². The van der Waals surface area contributed by atoms with Crippen molar-refractivity contribution in [1.82, 2.24) is 0 Å². The van der Waals surface area contributed by atoms with Crippen LogP contribution >= 0.6 is 11.8 Å². The van der Waals surface area contributed by atoms with Crippen LogP contribution in [0.4, 0.5) is 4.39 Å². The lowest BCUT2D eigenvalue weighted by Crippen LogP contribution is -2.53. The van der Waals surface area contributed by atoms with Crippen LogP contribution in [0.5, 0.6) is 0 Å². The highest BCUT2D eigenvalue weighted by molar-refractivity contribution is 8.14. The van der Waals surface area contributed by atoms with Crippen molar-refractivity contribution in [2.75, 3.05) is 19.8 Å². The van der Waals surface area contributed by atoms with Crippen molar-refractivity contribution in [3.8, 4) is 0 Å². The van der Waals surface area contributed by atoms with E-state index in [1.807, 2.05) is 0 Å². The number of alkyl halides is 1. The summed E-state index contributed by atoms with van der Waals surface area (Å²) in [6.45, 7) is 2.72. The van der Waals surface area contributed by atoms with Crippen molar-refractivity contribution in [3.63, 3.8) is 0 Å². The molecule has 0 saturated carbocycles. The largest absolute Gasteiger partial charge is 0.463 e. The molecule has 0 aromatic rings. The number of amidine groups is 1. The molecule has 1 rings (SSSR count). The zero-order valence-corrected chi connectivity index (χ0v) is 15.6. The van der Waals surface area contributed by atoms with Gasteiger partial charge in [0.2, 0.25) is 0 Å². The third-order valence-electron chi connectivity index (χ3n) is 3.16. The smallest absolute Gasteiger partial charge is 0.303 e. The molecular weight excluding hydrogens is 371 g/mol. The zero-order chi connectivity index (χ0) is 19.7. The van der Waals surface area contributed by atoms with Gasteiger partial charge < -0.3 is 24.7 Å². The summed E-state index contributed by atoms with van der Waals surface area (Å²) in [6.07, 6.45) is -2.48. The third kappa shape index (κ3) is 8.00. The van der Waals surface area contributed by atoms with Gasteiger partial charge in [-0.25, -0.2) is 4.39 Å². The first-order valence-corrected chi connectivity index (χ1v) is 8.76. The lowest BCUT2D eigenvalue weighted by Gasteiger charge is -2.39. The number of carbonyl (C=O) groups is 3. The first-order chi connectivity index (χ1) is 12.2. The molecule has 0 aromatic carbocycles. The van der Waals surface area contributed by atoms with Crippen LogP contribution in [0.2, 0.25) is 0 Å². The van der Waals surface area contributed by atoms with E-state index in [9.17, 15) is 18.8 Å². The van der Waals surface area contributed by atoms with Crippen molar-refractivity contribution in [1.29, 1.82) is 0 Å². The van der Waals surface area contributed by atoms with Crippen LogP contribution < -0.4 is 5.73 Å². The molecule has 1 aliphatic rings. The van der Waals surface area contributed by atoms with E-state index in [0.717, 1.165) is 11.8 Å². The molecule has 9 nitrogen and oxygen atoms in total. The predicted molar refractivity (Wildman–Crippen MR) is 91.1 cm³/mol. The summed E-state index contributed by atoms with van der Waals surface area (Å²) in [5, 5.41) is 0.103. The molecule has 0 bridgehead atoms. The maximum Gasteiger partial charge on any atom is 0.303 e. The minimum atomic E-state index is -0.948. The standard InChI is InChI=1S/C15H23FN2O7S/c1-8(19)22-7-12-14(24-10(3)21)11(23-9(2)20)6-13(25-12)26-15(17)18-5-4-16/h11-14H,4-7H2,1-3H3,(H2,17,18). The van der Waals surface area contributed by atoms with E-state index in [-0.39, 0.29) is 24.7 Å². The summed E-state index contributed by atoms with van der Waals surface area (Å²) in [5.74, 6) is -1.71. The molecule has 0 aliphatic carbocycles. The Kier molecular flexibility index (Phi) is 9.35. The van der Waals surface area contributed by atoms with Crippen LogP contribution in [0.3, 0.4) is 0 Å². The highest BCUT2D eigenvalue weighted by Gasteiger charge is 2.44. The fourth-order valence-electron chi connectivity index (χ4n) is 2.30. The molecule has 1 heterocycles. The quantitative estimate of drug-likeness (QED) is 0.285. The number of thioether (sulfide) groups is 1. The van der Waals surface area contributed by atoms with E-state index in [4.69, 9.17) is 24.7 Å². The Morgan fingerprint density at radius 2 is 1.85 bits per heavy atom. The average Bonchev–Trinajstić information content (AvgIpc) is 2.52. The van der Waals surface area contributed by atoms with Crippen molar-refractivity contribution < 1.29 is 37.7 Å².